The van der Waals surface area contributed by atoms with Crippen molar-refractivity contribution >= 4 is 41.3 Å². The molecule has 0 aliphatic carbocycles. The second kappa shape index (κ2) is 10.6. The van der Waals surface area contributed by atoms with Gasteiger partial charge in [-0.1, -0.05) is 30.3 Å². The van der Waals surface area contributed by atoms with Gasteiger partial charge in [0, 0.05) is 31.1 Å². The van der Waals surface area contributed by atoms with Gasteiger partial charge in [-0.25, -0.2) is 4.98 Å². The van der Waals surface area contributed by atoms with Gasteiger partial charge in [-0.3, -0.25) is 4.99 Å². The predicted octanol–water partition coefficient (Wildman–Crippen LogP) is 3.93. The molecule has 23 heavy (non-hydrogen) atoms. The van der Waals surface area contributed by atoms with E-state index in [0.717, 1.165) is 31.0 Å². The number of aryl methyl sites for hydroxylation is 2. The third-order valence-corrected chi connectivity index (χ3v) is 4.43. The van der Waals surface area contributed by atoms with Crippen molar-refractivity contribution in [1.29, 1.82) is 0 Å². The van der Waals surface area contributed by atoms with Gasteiger partial charge in [0.25, 0.3) is 0 Å². The van der Waals surface area contributed by atoms with Gasteiger partial charge < -0.3 is 10.6 Å². The molecule has 0 saturated carbocycles. The zero-order valence-electron chi connectivity index (χ0n) is 13.9. The number of guanidine groups is 1. The van der Waals surface area contributed by atoms with Crippen LogP contribution in [0.15, 0.2) is 40.7 Å². The van der Waals surface area contributed by atoms with E-state index in [-0.39, 0.29) is 30.0 Å². The molecule has 4 nitrogen and oxygen atoms in total. The lowest BCUT2D eigenvalue weighted by molar-refractivity contribution is 0.673. The molecule has 0 aliphatic heterocycles. The van der Waals surface area contributed by atoms with Crippen LogP contribution in [-0.4, -0.2) is 24.5 Å². The summed E-state index contributed by atoms with van der Waals surface area (Å²) in [5.41, 5.74) is 2.37. The molecule has 0 radical (unpaired) electrons. The van der Waals surface area contributed by atoms with E-state index >= 15 is 0 Å². The van der Waals surface area contributed by atoms with Crippen LogP contribution >= 0.6 is 35.3 Å². The van der Waals surface area contributed by atoms with Gasteiger partial charge in [0.15, 0.2) is 5.96 Å². The number of hydrogen-bond donors (Lipinski definition) is 2. The summed E-state index contributed by atoms with van der Waals surface area (Å²) in [5, 5.41) is 10.1. The normalized spacial score (nSPS) is 12.4. The van der Waals surface area contributed by atoms with E-state index in [0.29, 0.717) is 0 Å². The third-order valence-electron chi connectivity index (χ3n) is 3.40. The quantitative estimate of drug-likeness (QED) is 0.307. The monoisotopic (exact) mass is 444 g/mol. The molecule has 0 aliphatic rings. The lowest BCUT2D eigenvalue weighted by atomic mass is 10.1. The fraction of sp³-hybridized carbons (Fsp3) is 0.412. The molecular formula is C17H25IN4S. The molecule has 1 atom stereocenters. The summed E-state index contributed by atoms with van der Waals surface area (Å²) < 4.78 is 0. The van der Waals surface area contributed by atoms with Crippen molar-refractivity contribution in [2.75, 3.05) is 13.6 Å². The van der Waals surface area contributed by atoms with Crippen molar-refractivity contribution in [1.82, 2.24) is 15.6 Å². The lowest BCUT2D eigenvalue weighted by Gasteiger charge is -2.18. The van der Waals surface area contributed by atoms with Crippen LogP contribution in [0.2, 0.25) is 0 Å². The van der Waals surface area contributed by atoms with Crippen molar-refractivity contribution in [3.05, 3.63) is 52.0 Å². The van der Waals surface area contributed by atoms with Crippen molar-refractivity contribution in [3.8, 4) is 0 Å². The molecule has 1 unspecified atom stereocenters. The van der Waals surface area contributed by atoms with Gasteiger partial charge in [-0.05, 0) is 25.8 Å². The summed E-state index contributed by atoms with van der Waals surface area (Å²) >= 11 is 1.74. The number of aromatic nitrogens is 1. The van der Waals surface area contributed by atoms with Crippen molar-refractivity contribution < 1.29 is 0 Å². The van der Waals surface area contributed by atoms with E-state index < -0.39 is 0 Å². The molecule has 126 valence electrons. The molecule has 2 rings (SSSR count). The predicted molar refractivity (Wildman–Crippen MR) is 110 cm³/mol. The fourth-order valence-electron chi connectivity index (χ4n) is 2.19. The zero-order chi connectivity index (χ0) is 15.8. The maximum Gasteiger partial charge on any atom is 0.191 e. The Bertz CT molecular complexity index is 598. The van der Waals surface area contributed by atoms with Gasteiger partial charge >= 0.3 is 0 Å². The average Bonchev–Trinajstić information content (AvgIpc) is 2.96. The first kappa shape index (κ1) is 19.9. The van der Waals surface area contributed by atoms with Crippen LogP contribution in [0, 0.1) is 6.92 Å². The van der Waals surface area contributed by atoms with Crippen LogP contribution in [-0.2, 0) is 6.42 Å². The fourth-order valence-corrected chi connectivity index (χ4v) is 3.01. The van der Waals surface area contributed by atoms with E-state index in [1.54, 1.807) is 18.4 Å². The van der Waals surface area contributed by atoms with Gasteiger partial charge in [0.2, 0.25) is 0 Å². The molecular weight excluding hydrogens is 419 g/mol. The first-order valence-corrected chi connectivity index (χ1v) is 8.50. The summed E-state index contributed by atoms with van der Waals surface area (Å²) in [4.78, 5) is 8.76. The van der Waals surface area contributed by atoms with Gasteiger partial charge in [-0.15, -0.1) is 35.3 Å². The minimum Gasteiger partial charge on any atom is -0.356 e. The Morgan fingerprint density at radius 2 is 2.04 bits per heavy atom. The van der Waals surface area contributed by atoms with Gasteiger partial charge in [0.1, 0.15) is 0 Å². The third kappa shape index (κ3) is 6.87. The smallest absolute Gasteiger partial charge is 0.191 e. The number of aliphatic imine (C=N–C) groups is 1. The number of nitrogens with one attached hydrogen (secondary N) is 2. The summed E-state index contributed by atoms with van der Waals surface area (Å²) in [6.45, 7) is 5.06. The second-order valence-electron chi connectivity index (χ2n) is 5.26. The van der Waals surface area contributed by atoms with Crippen molar-refractivity contribution in [2.24, 2.45) is 4.99 Å². The Morgan fingerprint density at radius 3 is 2.65 bits per heavy atom. The molecule has 0 amide bonds. The molecule has 0 saturated heterocycles. The average molecular weight is 444 g/mol. The highest BCUT2D eigenvalue weighted by Crippen LogP contribution is 2.11. The van der Waals surface area contributed by atoms with Crippen LogP contribution < -0.4 is 10.6 Å². The highest BCUT2D eigenvalue weighted by Gasteiger charge is 2.06. The molecule has 1 heterocycles. The Labute approximate surface area is 159 Å². The van der Waals surface area contributed by atoms with Crippen LogP contribution in [0.5, 0.6) is 0 Å². The summed E-state index contributed by atoms with van der Waals surface area (Å²) in [6, 6.07) is 10.6. The minimum atomic E-state index is 0. The van der Waals surface area contributed by atoms with Crippen LogP contribution in [0.3, 0.4) is 0 Å². The number of hydrogen-bond acceptors (Lipinski definition) is 3. The molecule has 0 spiro atoms. The number of nitrogens with zero attached hydrogens (tertiary/aromatic N) is 2. The van der Waals surface area contributed by atoms with Crippen molar-refractivity contribution in [2.45, 2.75) is 32.7 Å². The van der Waals surface area contributed by atoms with E-state index in [1.165, 1.54) is 10.6 Å². The maximum absolute atomic E-state index is 4.48. The van der Waals surface area contributed by atoms with Gasteiger partial charge in [-0.2, -0.15) is 0 Å². The Balaban J connectivity index is 0.00000264. The summed E-state index contributed by atoms with van der Waals surface area (Å²) in [6.07, 6.45) is 2.06. The minimum absolute atomic E-state index is 0. The highest BCUT2D eigenvalue weighted by molar-refractivity contribution is 14.0. The molecule has 6 heteroatoms. The first-order valence-electron chi connectivity index (χ1n) is 7.62. The van der Waals surface area contributed by atoms with E-state index in [9.17, 15) is 0 Å². The molecule has 1 aromatic carbocycles. The molecule has 2 aromatic rings. The topological polar surface area (TPSA) is 49.3 Å². The number of rotatable bonds is 6. The number of halogens is 1. The second-order valence-corrected chi connectivity index (χ2v) is 6.20. The Hall–Kier alpha value is -1.15. The van der Waals surface area contributed by atoms with Crippen LogP contribution in [0.4, 0.5) is 0 Å². The number of thiazole rings is 1. The lowest BCUT2D eigenvalue weighted by Crippen LogP contribution is -2.39. The van der Waals surface area contributed by atoms with Gasteiger partial charge in [0.05, 0.1) is 11.0 Å². The standard InChI is InChI=1S/C17H24N4S.HI/c1-13-12-22-16(20-13)10-7-11-19-17(18-3)21-14(2)15-8-5-4-6-9-15;/h4-6,8-9,12,14H,7,10-11H2,1-3H3,(H2,18,19,21);1H. The molecule has 1 aromatic heterocycles. The Morgan fingerprint density at radius 1 is 1.30 bits per heavy atom. The molecule has 0 fully saturated rings. The van der Waals surface area contributed by atoms with Crippen molar-refractivity contribution in [3.63, 3.8) is 0 Å². The largest absolute Gasteiger partial charge is 0.356 e. The van der Waals surface area contributed by atoms with E-state index in [1.807, 2.05) is 13.0 Å². The van der Waals surface area contributed by atoms with Crippen LogP contribution in [0.1, 0.15) is 35.7 Å². The summed E-state index contributed by atoms with van der Waals surface area (Å²) in [5.74, 6) is 0.840. The SMILES string of the molecule is CN=C(NCCCc1nc(C)cs1)NC(C)c1ccccc1.I. The first-order chi connectivity index (χ1) is 10.7. The Kier molecular flexibility index (Phi) is 9.16. The zero-order valence-corrected chi connectivity index (χ0v) is 17.0. The van der Waals surface area contributed by atoms with E-state index in [2.05, 4.69) is 57.2 Å². The van der Waals surface area contributed by atoms with Crippen LogP contribution in [0.25, 0.3) is 0 Å². The van der Waals surface area contributed by atoms with E-state index in [4.69, 9.17) is 0 Å². The maximum atomic E-state index is 4.48. The molecule has 0 bridgehead atoms. The summed E-state index contributed by atoms with van der Waals surface area (Å²) in [7, 11) is 1.80. The number of benzene rings is 1. The molecule has 2 N–H and O–H groups in total. The highest BCUT2D eigenvalue weighted by atomic mass is 127.